The van der Waals surface area contributed by atoms with Crippen LogP contribution < -0.4 is 10.4 Å². The maximum Gasteiger partial charge on any atom is 0.277 e. The minimum Gasteiger partial charge on any atom is -0.374 e. The maximum atomic E-state index is 11.1. The first-order valence-corrected chi connectivity index (χ1v) is 5.95. The van der Waals surface area contributed by atoms with Crippen molar-refractivity contribution in [1.82, 2.24) is 15.4 Å². The zero-order valence-corrected chi connectivity index (χ0v) is 11.7. The van der Waals surface area contributed by atoms with Crippen molar-refractivity contribution in [1.29, 1.82) is 0 Å². The fourth-order valence-electron chi connectivity index (χ4n) is 1.29. The molecule has 1 aromatic heterocycles. The van der Waals surface area contributed by atoms with E-state index in [0.717, 1.165) is 0 Å². The van der Waals surface area contributed by atoms with Crippen LogP contribution in [0.15, 0.2) is 12.4 Å². The van der Waals surface area contributed by atoms with E-state index >= 15 is 0 Å². The first-order valence-electron chi connectivity index (χ1n) is 5.95. The number of hydroxylamine groups is 1. The molecule has 0 radical (unpaired) electrons. The second-order valence-electron chi connectivity index (χ2n) is 5.10. The number of hydrogen-bond donors (Lipinski definition) is 2. The third kappa shape index (κ3) is 5.19. The molecule has 0 aliphatic rings. The lowest BCUT2D eigenvalue weighted by Gasteiger charge is -2.22. The fourth-order valence-corrected chi connectivity index (χ4v) is 1.29. The number of likely N-dealkylation sites (N-methyl/N-ethyl adjacent to an activating group) is 1. The summed E-state index contributed by atoms with van der Waals surface area (Å²) < 4.78 is 5.61. The van der Waals surface area contributed by atoms with Crippen LogP contribution in [0.5, 0.6) is 0 Å². The normalized spacial score (nSPS) is 11.2. The van der Waals surface area contributed by atoms with Gasteiger partial charge in [-0.25, -0.2) is 15.4 Å². The molecule has 19 heavy (non-hydrogen) atoms. The molecule has 0 bridgehead atoms. The van der Waals surface area contributed by atoms with E-state index in [-0.39, 0.29) is 11.2 Å². The molecule has 0 fully saturated rings. The van der Waals surface area contributed by atoms with Gasteiger partial charge in [-0.1, -0.05) is 0 Å². The Kier molecular flexibility index (Phi) is 5.20. The molecule has 2 N–H and O–H groups in total. The van der Waals surface area contributed by atoms with Gasteiger partial charge in [0, 0.05) is 26.0 Å². The number of nitrogens with zero attached hydrogens (tertiary/aromatic N) is 3. The van der Waals surface area contributed by atoms with E-state index in [0.29, 0.717) is 19.1 Å². The SMILES string of the molecule is CN(CCOC(C)(C)C)c1ncc(C(=O)NO)cn1. The van der Waals surface area contributed by atoms with Crippen molar-refractivity contribution in [3.63, 3.8) is 0 Å². The van der Waals surface area contributed by atoms with E-state index in [1.54, 1.807) is 0 Å². The smallest absolute Gasteiger partial charge is 0.277 e. The van der Waals surface area contributed by atoms with Crippen molar-refractivity contribution >= 4 is 11.9 Å². The van der Waals surface area contributed by atoms with Crippen LogP contribution in [0.3, 0.4) is 0 Å². The van der Waals surface area contributed by atoms with Gasteiger partial charge in [-0.05, 0) is 20.8 Å². The van der Waals surface area contributed by atoms with Crippen molar-refractivity contribution < 1.29 is 14.7 Å². The van der Waals surface area contributed by atoms with Gasteiger partial charge in [0.25, 0.3) is 5.91 Å². The van der Waals surface area contributed by atoms with Crippen molar-refractivity contribution in [2.24, 2.45) is 0 Å². The van der Waals surface area contributed by atoms with E-state index in [2.05, 4.69) is 9.97 Å². The number of rotatable bonds is 5. The highest BCUT2D eigenvalue weighted by Gasteiger charge is 2.12. The third-order valence-corrected chi connectivity index (χ3v) is 2.31. The Balaban J connectivity index is 2.53. The van der Waals surface area contributed by atoms with Gasteiger partial charge in [0.15, 0.2) is 0 Å². The number of nitrogens with one attached hydrogen (secondary N) is 1. The second-order valence-corrected chi connectivity index (χ2v) is 5.10. The van der Waals surface area contributed by atoms with Crippen LogP contribution in [0.4, 0.5) is 5.95 Å². The van der Waals surface area contributed by atoms with Gasteiger partial charge >= 0.3 is 0 Å². The average molecular weight is 268 g/mol. The summed E-state index contributed by atoms with van der Waals surface area (Å²) in [5.41, 5.74) is 1.55. The Bertz CT molecular complexity index is 414. The lowest BCUT2D eigenvalue weighted by molar-refractivity contribution is 0.00159. The quantitative estimate of drug-likeness (QED) is 0.608. The largest absolute Gasteiger partial charge is 0.374 e. The highest BCUT2D eigenvalue weighted by molar-refractivity contribution is 5.92. The molecule has 0 aliphatic carbocycles. The predicted molar refractivity (Wildman–Crippen MR) is 70.3 cm³/mol. The number of ether oxygens (including phenoxy) is 1. The van der Waals surface area contributed by atoms with Crippen molar-refractivity contribution in [3.8, 4) is 0 Å². The van der Waals surface area contributed by atoms with Crippen molar-refractivity contribution in [3.05, 3.63) is 18.0 Å². The summed E-state index contributed by atoms with van der Waals surface area (Å²) in [6.45, 7) is 7.18. The molecule has 0 saturated carbocycles. The van der Waals surface area contributed by atoms with Crippen LogP contribution in [0, 0.1) is 0 Å². The standard InChI is InChI=1S/C12H20N4O3/c1-12(2,3)19-6-5-16(4)11-13-7-9(8-14-11)10(17)15-18/h7-8,18H,5-6H2,1-4H3,(H,15,17). The zero-order chi connectivity index (χ0) is 14.5. The molecular weight excluding hydrogens is 248 g/mol. The topological polar surface area (TPSA) is 87.6 Å². The average Bonchev–Trinajstić information content (AvgIpc) is 2.36. The molecule has 0 saturated heterocycles. The molecule has 1 heterocycles. The summed E-state index contributed by atoms with van der Waals surface area (Å²) in [7, 11) is 1.84. The number of carbonyl (C=O) groups is 1. The van der Waals surface area contributed by atoms with Crippen LogP contribution in [0.2, 0.25) is 0 Å². The number of amides is 1. The third-order valence-electron chi connectivity index (χ3n) is 2.31. The van der Waals surface area contributed by atoms with Gasteiger partial charge in [-0.15, -0.1) is 0 Å². The lowest BCUT2D eigenvalue weighted by atomic mass is 10.2. The first-order chi connectivity index (χ1) is 8.83. The van der Waals surface area contributed by atoms with E-state index < -0.39 is 5.91 Å². The van der Waals surface area contributed by atoms with E-state index in [1.165, 1.54) is 17.9 Å². The maximum absolute atomic E-state index is 11.1. The van der Waals surface area contributed by atoms with Crippen LogP contribution in [-0.4, -0.2) is 46.9 Å². The molecule has 1 aromatic rings. The van der Waals surface area contributed by atoms with Gasteiger partial charge in [0.2, 0.25) is 5.95 Å². The molecule has 0 aliphatic heterocycles. The van der Waals surface area contributed by atoms with Gasteiger partial charge in [-0.3, -0.25) is 10.0 Å². The Morgan fingerprint density at radius 2 is 2.00 bits per heavy atom. The molecular formula is C12H20N4O3. The van der Waals surface area contributed by atoms with Gasteiger partial charge in [-0.2, -0.15) is 0 Å². The first kappa shape index (κ1) is 15.3. The van der Waals surface area contributed by atoms with Gasteiger partial charge < -0.3 is 9.64 Å². The molecule has 1 rings (SSSR count). The Labute approximate surface area is 112 Å². The molecule has 0 atom stereocenters. The van der Waals surface area contributed by atoms with Crippen LogP contribution >= 0.6 is 0 Å². The minimum atomic E-state index is -0.634. The highest BCUT2D eigenvalue weighted by atomic mass is 16.5. The van der Waals surface area contributed by atoms with E-state index in [4.69, 9.17) is 9.94 Å². The monoisotopic (exact) mass is 268 g/mol. The summed E-state index contributed by atoms with van der Waals surface area (Å²) in [6.07, 6.45) is 2.71. The van der Waals surface area contributed by atoms with Crippen molar-refractivity contribution in [2.45, 2.75) is 26.4 Å². The van der Waals surface area contributed by atoms with E-state index in [1.807, 2.05) is 32.7 Å². The number of hydrogen-bond acceptors (Lipinski definition) is 6. The van der Waals surface area contributed by atoms with Crippen LogP contribution in [-0.2, 0) is 4.74 Å². The molecule has 7 nitrogen and oxygen atoms in total. The predicted octanol–water partition coefficient (Wildman–Crippen LogP) is 0.847. The number of anilines is 1. The summed E-state index contributed by atoms with van der Waals surface area (Å²) >= 11 is 0. The Morgan fingerprint density at radius 3 is 2.47 bits per heavy atom. The van der Waals surface area contributed by atoms with E-state index in [9.17, 15) is 4.79 Å². The van der Waals surface area contributed by atoms with Gasteiger partial charge in [0.1, 0.15) is 0 Å². The van der Waals surface area contributed by atoms with Crippen molar-refractivity contribution in [2.75, 3.05) is 25.1 Å². The highest BCUT2D eigenvalue weighted by Crippen LogP contribution is 2.08. The van der Waals surface area contributed by atoms with Gasteiger partial charge in [0.05, 0.1) is 17.8 Å². The van der Waals surface area contributed by atoms with Crippen LogP contribution in [0.25, 0.3) is 0 Å². The summed E-state index contributed by atoms with van der Waals surface area (Å²) in [5, 5.41) is 8.48. The molecule has 0 spiro atoms. The summed E-state index contributed by atoms with van der Waals surface area (Å²) in [4.78, 5) is 21.0. The molecule has 106 valence electrons. The molecule has 0 aromatic carbocycles. The fraction of sp³-hybridized carbons (Fsp3) is 0.583. The summed E-state index contributed by atoms with van der Waals surface area (Å²) in [5.74, 6) is -0.141. The zero-order valence-electron chi connectivity index (χ0n) is 11.7. The molecule has 0 unspecified atom stereocenters. The summed E-state index contributed by atoms with van der Waals surface area (Å²) in [6, 6.07) is 0. The van der Waals surface area contributed by atoms with Crippen LogP contribution in [0.1, 0.15) is 31.1 Å². The Hall–Kier alpha value is -1.73. The number of aromatic nitrogens is 2. The second kappa shape index (κ2) is 6.44. The lowest BCUT2D eigenvalue weighted by Crippen LogP contribution is -2.29. The molecule has 1 amide bonds. The number of carbonyl (C=O) groups excluding carboxylic acids is 1. The Morgan fingerprint density at radius 1 is 1.42 bits per heavy atom. The molecule has 7 heteroatoms. The minimum absolute atomic E-state index is 0.176.